The van der Waals surface area contributed by atoms with Crippen LogP contribution < -0.4 is 5.32 Å². The van der Waals surface area contributed by atoms with Crippen LogP contribution in [0.15, 0.2) is 12.3 Å². The number of rotatable bonds is 2. The number of nitrogens with zero attached hydrogens (tertiary/aromatic N) is 2. The lowest BCUT2D eigenvalue weighted by Crippen LogP contribution is -2.35. The Bertz CT molecular complexity index is 485. The first-order valence-electron chi connectivity index (χ1n) is 6.40. The van der Waals surface area contributed by atoms with Crippen LogP contribution in [-0.2, 0) is 6.18 Å². The first-order chi connectivity index (χ1) is 9.66. The van der Waals surface area contributed by atoms with E-state index in [1.807, 2.05) is 0 Å². The van der Waals surface area contributed by atoms with Crippen molar-refractivity contribution >= 4 is 5.95 Å². The molecule has 2 rings (SSSR count). The molecule has 1 fully saturated rings. The predicted octanol–water partition coefficient (Wildman–Crippen LogP) is 4.03. The smallest absolute Gasteiger partial charge is 0.351 e. The van der Waals surface area contributed by atoms with Gasteiger partial charge in [0.2, 0.25) is 5.95 Å². The molecule has 0 amide bonds. The number of anilines is 1. The van der Waals surface area contributed by atoms with Crippen molar-refractivity contribution in [1.29, 1.82) is 0 Å². The highest BCUT2D eigenvalue weighted by atomic mass is 19.4. The molecule has 0 saturated heterocycles. The van der Waals surface area contributed by atoms with Crippen molar-refractivity contribution in [2.45, 2.75) is 44.1 Å². The van der Waals surface area contributed by atoms with E-state index in [1.54, 1.807) is 0 Å². The fraction of sp³-hybridized carbons (Fsp3) is 0.667. The third-order valence-corrected chi connectivity index (χ3v) is 3.42. The molecule has 118 valence electrons. The summed E-state index contributed by atoms with van der Waals surface area (Å²) in [5.74, 6) is -1.73. The number of nitrogens with one attached hydrogen (secondary N) is 1. The van der Waals surface area contributed by atoms with Gasteiger partial charge in [-0.15, -0.1) is 0 Å². The van der Waals surface area contributed by atoms with E-state index in [0.717, 1.165) is 6.20 Å². The second kappa shape index (κ2) is 5.69. The quantitative estimate of drug-likeness (QED) is 0.838. The van der Waals surface area contributed by atoms with Crippen LogP contribution in [0.2, 0.25) is 0 Å². The summed E-state index contributed by atoms with van der Waals surface area (Å²) < 4.78 is 75.5. The van der Waals surface area contributed by atoms with Crippen molar-refractivity contribution in [2.75, 3.05) is 5.32 Å². The first-order valence-corrected chi connectivity index (χ1v) is 6.40. The topological polar surface area (TPSA) is 37.8 Å². The Morgan fingerprint density at radius 3 is 2.43 bits per heavy atom. The fourth-order valence-electron chi connectivity index (χ4n) is 2.39. The summed E-state index contributed by atoms with van der Waals surface area (Å²) in [7, 11) is 0. The molecule has 2 atom stereocenters. The van der Waals surface area contributed by atoms with Gasteiger partial charge < -0.3 is 5.32 Å². The fourth-order valence-corrected chi connectivity index (χ4v) is 2.39. The Labute approximate surface area is 116 Å². The summed E-state index contributed by atoms with van der Waals surface area (Å²) in [4.78, 5) is 6.93. The SMILES string of the molecule is FC(F)(F)c1ccnc(NC2CCCC(C(F)(F)F)C2)n1. The molecule has 0 aliphatic heterocycles. The van der Waals surface area contributed by atoms with Gasteiger partial charge in [0.1, 0.15) is 5.69 Å². The molecule has 1 N–H and O–H groups in total. The lowest BCUT2D eigenvalue weighted by atomic mass is 9.85. The molecule has 0 bridgehead atoms. The number of aromatic nitrogens is 2. The van der Waals surface area contributed by atoms with Gasteiger partial charge >= 0.3 is 12.4 Å². The standard InChI is InChI=1S/C12H13F6N3/c13-11(14,15)7-2-1-3-8(6-7)20-10-19-5-4-9(21-10)12(16,17)18/h4-5,7-8H,1-3,6H2,(H,19,20,21). The molecule has 1 saturated carbocycles. The molecule has 0 radical (unpaired) electrons. The van der Waals surface area contributed by atoms with Crippen molar-refractivity contribution in [3.05, 3.63) is 18.0 Å². The van der Waals surface area contributed by atoms with Crippen LogP contribution in [0.25, 0.3) is 0 Å². The van der Waals surface area contributed by atoms with Crippen LogP contribution in [0, 0.1) is 5.92 Å². The van der Waals surface area contributed by atoms with Crippen LogP contribution in [0.3, 0.4) is 0 Å². The second-order valence-electron chi connectivity index (χ2n) is 5.01. The zero-order valence-electron chi connectivity index (χ0n) is 10.8. The molecule has 0 aromatic carbocycles. The summed E-state index contributed by atoms with van der Waals surface area (Å²) in [6.45, 7) is 0. The zero-order valence-corrected chi connectivity index (χ0v) is 10.8. The number of alkyl halides is 6. The number of hydrogen-bond acceptors (Lipinski definition) is 3. The minimum absolute atomic E-state index is 0.0468. The minimum atomic E-state index is -4.61. The van der Waals surface area contributed by atoms with Gasteiger partial charge in [-0.25, -0.2) is 9.97 Å². The third-order valence-electron chi connectivity index (χ3n) is 3.42. The van der Waals surface area contributed by atoms with Crippen molar-refractivity contribution < 1.29 is 26.3 Å². The molecule has 1 heterocycles. The van der Waals surface area contributed by atoms with E-state index in [4.69, 9.17) is 0 Å². The molecule has 2 unspecified atom stereocenters. The van der Waals surface area contributed by atoms with Gasteiger partial charge in [0.15, 0.2) is 0 Å². The zero-order chi connectivity index (χ0) is 15.7. The Morgan fingerprint density at radius 1 is 1.10 bits per heavy atom. The van der Waals surface area contributed by atoms with E-state index in [-0.39, 0.29) is 18.8 Å². The minimum Gasteiger partial charge on any atom is -0.351 e. The van der Waals surface area contributed by atoms with Crippen molar-refractivity contribution in [3.8, 4) is 0 Å². The Morgan fingerprint density at radius 2 is 1.81 bits per heavy atom. The van der Waals surface area contributed by atoms with Gasteiger partial charge in [-0.05, 0) is 25.3 Å². The second-order valence-corrected chi connectivity index (χ2v) is 5.01. The van der Waals surface area contributed by atoms with E-state index >= 15 is 0 Å². The molecule has 1 aromatic rings. The van der Waals surface area contributed by atoms with E-state index in [2.05, 4.69) is 15.3 Å². The monoisotopic (exact) mass is 313 g/mol. The predicted molar refractivity (Wildman–Crippen MR) is 62.5 cm³/mol. The highest BCUT2D eigenvalue weighted by Gasteiger charge is 2.42. The highest BCUT2D eigenvalue weighted by molar-refractivity contribution is 5.27. The largest absolute Gasteiger partial charge is 0.433 e. The van der Waals surface area contributed by atoms with E-state index in [0.29, 0.717) is 18.9 Å². The van der Waals surface area contributed by atoms with Gasteiger partial charge in [-0.2, -0.15) is 26.3 Å². The molecular formula is C12H13F6N3. The lowest BCUT2D eigenvalue weighted by molar-refractivity contribution is -0.182. The number of halogens is 6. The molecule has 21 heavy (non-hydrogen) atoms. The Kier molecular flexibility index (Phi) is 4.29. The maximum atomic E-state index is 12.7. The third kappa shape index (κ3) is 4.21. The molecule has 1 aliphatic carbocycles. The Hall–Kier alpha value is -1.54. The number of hydrogen-bond donors (Lipinski definition) is 1. The van der Waals surface area contributed by atoms with Crippen LogP contribution >= 0.6 is 0 Å². The maximum Gasteiger partial charge on any atom is 0.433 e. The molecular weight excluding hydrogens is 300 g/mol. The summed E-state index contributed by atoms with van der Waals surface area (Å²) in [5, 5.41) is 2.57. The molecule has 1 aromatic heterocycles. The van der Waals surface area contributed by atoms with Gasteiger partial charge in [0.05, 0.1) is 5.92 Å². The lowest BCUT2D eigenvalue weighted by Gasteiger charge is -2.31. The van der Waals surface area contributed by atoms with Crippen LogP contribution in [0.4, 0.5) is 32.3 Å². The van der Waals surface area contributed by atoms with Gasteiger partial charge in [0.25, 0.3) is 0 Å². The van der Waals surface area contributed by atoms with E-state index < -0.39 is 30.0 Å². The first kappa shape index (κ1) is 15.8. The van der Waals surface area contributed by atoms with Gasteiger partial charge in [0, 0.05) is 12.2 Å². The molecule has 9 heteroatoms. The average molecular weight is 313 g/mol. The summed E-state index contributed by atoms with van der Waals surface area (Å²) in [6.07, 6.45) is -7.28. The molecule has 0 spiro atoms. The van der Waals surface area contributed by atoms with Gasteiger partial charge in [-0.1, -0.05) is 6.42 Å². The van der Waals surface area contributed by atoms with Gasteiger partial charge in [-0.3, -0.25) is 0 Å². The molecule has 1 aliphatic rings. The highest BCUT2D eigenvalue weighted by Crippen LogP contribution is 2.38. The summed E-state index contributed by atoms with van der Waals surface area (Å²) >= 11 is 0. The average Bonchev–Trinajstić information content (AvgIpc) is 2.37. The van der Waals surface area contributed by atoms with Crippen molar-refractivity contribution in [2.24, 2.45) is 5.92 Å². The van der Waals surface area contributed by atoms with Crippen molar-refractivity contribution in [1.82, 2.24) is 9.97 Å². The maximum absolute atomic E-state index is 12.7. The van der Waals surface area contributed by atoms with Crippen LogP contribution in [0.5, 0.6) is 0 Å². The Balaban J connectivity index is 2.05. The van der Waals surface area contributed by atoms with E-state index in [9.17, 15) is 26.3 Å². The van der Waals surface area contributed by atoms with Crippen LogP contribution in [-0.4, -0.2) is 22.2 Å². The van der Waals surface area contributed by atoms with E-state index in [1.165, 1.54) is 0 Å². The summed E-state index contributed by atoms with van der Waals surface area (Å²) in [5.41, 5.74) is -1.12. The molecule has 3 nitrogen and oxygen atoms in total. The van der Waals surface area contributed by atoms with Crippen molar-refractivity contribution in [3.63, 3.8) is 0 Å². The summed E-state index contributed by atoms with van der Waals surface area (Å²) in [6, 6.07) is 0.138. The van der Waals surface area contributed by atoms with Crippen LogP contribution in [0.1, 0.15) is 31.4 Å². The normalized spacial score (nSPS) is 23.9.